The van der Waals surface area contributed by atoms with Crippen LogP contribution in [-0.2, 0) is 13.1 Å². The molecule has 0 aliphatic heterocycles. The minimum Gasteiger partial charge on any atom is -0.496 e. The van der Waals surface area contributed by atoms with Crippen LogP contribution in [0.2, 0.25) is 0 Å². The third-order valence-corrected chi connectivity index (χ3v) is 5.64. The number of nitrogens with one attached hydrogen (secondary N) is 2. The molecule has 6 heteroatoms. The molecule has 0 spiro atoms. The maximum absolute atomic E-state index is 13.0. The molecular formula is C27H24N4O2. The number of aromatic amines is 1. The highest BCUT2D eigenvalue weighted by Crippen LogP contribution is 2.28. The number of methoxy groups -OCH3 is 1. The van der Waals surface area contributed by atoms with E-state index in [1.54, 1.807) is 11.8 Å². The van der Waals surface area contributed by atoms with Crippen molar-refractivity contribution >= 4 is 11.0 Å². The summed E-state index contributed by atoms with van der Waals surface area (Å²) in [5.74, 6) is 0.824. The largest absolute Gasteiger partial charge is 0.496 e. The van der Waals surface area contributed by atoms with E-state index in [4.69, 9.17) is 9.84 Å². The van der Waals surface area contributed by atoms with Gasteiger partial charge < -0.3 is 15.0 Å². The fraction of sp³-hybridized carbons (Fsp3) is 0.111. The number of hydrogen-bond donors (Lipinski definition) is 2. The summed E-state index contributed by atoms with van der Waals surface area (Å²) >= 11 is 0. The van der Waals surface area contributed by atoms with Crippen LogP contribution in [0.1, 0.15) is 11.1 Å². The van der Waals surface area contributed by atoms with Crippen molar-refractivity contribution in [3.63, 3.8) is 0 Å². The van der Waals surface area contributed by atoms with Crippen molar-refractivity contribution in [1.82, 2.24) is 20.1 Å². The quantitative estimate of drug-likeness (QED) is 0.389. The van der Waals surface area contributed by atoms with Crippen molar-refractivity contribution in [2.75, 3.05) is 7.11 Å². The Hall–Kier alpha value is -4.16. The lowest BCUT2D eigenvalue weighted by atomic mass is 10.1. The number of aromatic nitrogens is 3. The zero-order chi connectivity index (χ0) is 22.6. The Kier molecular flexibility index (Phi) is 5.74. The molecule has 0 saturated carbocycles. The first-order valence-corrected chi connectivity index (χ1v) is 10.8. The number of benzene rings is 3. The van der Waals surface area contributed by atoms with Crippen LogP contribution in [0.5, 0.6) is 5.75 Å². The fourth-order valence-electron chi connectivity index (χ4n) is 3.99. The van der Waals surface area contributed by atoms with Gasteiger partial charge in [-0.25, -0.2) is 4.68 Å². The van der Waals surface area contributed by atoms with Crippen LogP contribution < -0.4 is 15.6 Å². The lowest BCUT2D eigenvalue weighted by molar-refractivity contribution is 0.407. The van der Waals surface area contributed by atoms with E-state index in [0.717, 1.165) is 33.6 Å². The van der Waals surface area contributed by atoms with Crippen LogP contribution in [0.3, 0.4) is 0 Å². The van der Waals surface area contributed by atoms with Crippen molar-refractivity contribution in [1.29, 1.82) is 0 Å². The van der Waals surface area contributed by atoms with Gasteiger partial charge in [0.2, 0.25) is 0 Å². The Labute approximate surface area is 191 Å². The molecule has 2 aromatic heterocycles. The van der Waals surface area contributed by atoms with E-state index in [1.807, 2.05) is 91.0 Å². The van der Waals surface area contributed by atoms with Crippen LogP contribution >= 0.6 is 0 Å². The first-order chi connectivity index (χ1) is 16.2. The van der Waals surface area contributed by atoms with Crippen molar-refractivity contribution < 1.29 is 4.74 Å². The number of nitrogens with zero attached hydrogens (tertiary/aromatic N) is 2. The first-order valence-electron chi connectivity index (χ1n) is 10.8. The smallest absolute Gasteiger partial charge is 0.254 e. The van der Waals surface area contributed by atoms with Crippen LogP contribution in [0.15, 0.2) is 95.8 Å². The number of hydrogen-bond acceptors (Lipinski definition) is 4. The molecule has 0 bridgehead atoms. The van der Waals surface area contributed by atoms with Gasteiger partial charge in [-0.3, -0.25) is 4.79 Å². The third-order valence-electron chi connectivity index (χ3n) is 5.64. The summed E-state index contributed by atoms with van der Waals surface area (Å²) in [6, 6.07) is 29.6. The molecular weight excluding hydrogens is 412 g/mol. The summed E-state index contributed by atoms with van der Waals surface area (Å²) < 4.78 is 7.22. The Morgan fingerprint density at radius 1 is 0.879 bits per heavy atom. The number of pyridine rings is 1. The molecule has 0 radical (unpaired) electrons. The van der Waals surface area contributed by atoms with Crippen LogP contribution in [0.25, 0.3) is 28.0 Å². The zero-order valence-corrected chi connectivity index (χ0v) is 18.3. The molecule has 0 unspecified atom stereocenters. The van der Waals surface area contributed by atoms with Gasteiger partial charge >= 0.3 is 0 Å². The van der Waals surface area contributed by atoms with Crippen molar-refractivity contribution in [3.05, 3.63) is 112 Å². The summed E-state index contributed by atoms with van der Waals surface area (Å²) in [7, 11) is 1.66. The fourth-order valence-corrected chi connectivity index (χ4v) is 3.99. The molecule has 2 heterocycles. The number of para-hydroxylation sites is 2. The molecule has 0 fully saturated rings. The highest BCUT2D eigenvalue weighted by molar-refractivity contribution is 5.92. The second kappa shape index (κ2) is 9.14. The van der Waals surface area contributed by atoms with Gasteiger partial charge in [-0.15, -0.1) is 0 Å². The van der Waals surface area contributed by atoms with E-state index in [2.05, 4.69) is 10.3 Å². The van der Waals surface area contributed by atoms with Gasteiger partial charge in [0.25, 0.3) is 5.56 Å². The summed E-state index contributed by atoms with van der Waals surface area (Å²) in [4.78, 5) is 16.0. The first kappa shape index (κ1) is 20.7. The van der Waals surface area contributed by atoms with E-state index < -0.39 is 0 Å². The molecule has 164 valence electrons. The van der Waals surface area contributed by atoms with E-state index in [9.17, 15) is 4.79 Å². The highest BCUT2D eigenvalue weighted by atomic mass is 16.5. The van der Waals surface area contributed by atoms with Gasteiger partial charge in [0.15, 0.2) is 0 Å². The molecule has 0 aliphatic rings. The minimum atomic E-state index is -0.133. The summed E-state index contributed by atoms with van der Waals surface area (Å²) in [5.41, 5.74) is 4.96. The number of fused-ring (bicyclic) bond motifs is 1. The van der Waals surface area contributed by atoms with Crippen molar-refractivity contribution in [2.24, 2.45) is 0 Å². The molecule has 2 N–H and O–H groups in total. The van der Waals surface area contributed by atoms with Crippen LogP contribution in [0, 0.1) is 0 Å². The van der Waals surface area contributed by atoms with Crippen molar-refractivity contribution in [3.8, 4) is 22.7 Å². The zero-order valence-electron chi connectivity index (χ0n) is 18.3. The second-order valence-corrected chi connectivity index (χ2v) is 7.76. The topological polar surface area (TPSA) is 71.9 Å². The molecule has 0 amide bonds. The molecule has 0 atom stereocenters. The summed E-state index contributed by atoms with van der Waals surface area (Å²) in [6.45, 7) is 1.02. The Morgan fingerprint density at radius 3 is 2.30 bits per heavy atom. The van der Waals surface area contributed by atoms with Gasteiger partial charge in [-0.1, -0.05) is 66.7 Å². The van der Waals surface area contributed by atoms with Gasteiger partial charge in [-0.05, 0) is 24.3 Å². The molecule has 6 nitrogen and oxygen atoms in total. The lowest BCUT2D eigenvalue weighted by Gasteiger charge is -2.09. The van der Waals surface area contributed by atoms with Gasteiger partial charge in [0, 0.05) is 35.2 Å². The maximum atomic E-state index is 13.0. The Bertz CT molecular complexity index is 1440. The second-order valence-electron chi connectivity index (χ2n) is 7.76. The normalized spacial score (nSPS) is 11.1. The molecule has 33 heavy (non-hydrogen) atoms. The monoisotopic (exact) mass is 436 g/mol. The predicted molar refractivity (Wildman–Crippen MR) is 131 cm³/mol. The molecule has 5 aromatic rings. The summed E-state index contributed by atoms with van der Waals surface area (Å²) in [5, 5.41) is 9.14. The highest BCUT2D eigenvalue weighted by Gasteiger charge is 2.16. The van der Waals surface area contributed by atoms with Gasteiger partial charge in [0.05, 0.1) is 12.8 Å². The maximum Gasteiger partial charge on any atom is 0.254 e. The van der Waals surface area contributed by atoms with Gasteiger partial charge in [0.1, 0.15) is 17.1 Å². The standard InChI is InChI=1S/C27H24N4O2/c1-33-24-15-9-8-12-20(24)17-28-18-21-16-23-25(19-10-4-2-5-11-19)30-31(26(23)29-27(21)32)22-13-6-3-7-14-22/h2-16,28H,17-18H2,1H3,(H,29,32). The summed E-state index contributed by atoms with van der Waals surface area (Å²) in [6.07, 6.45) is 0. The molecule has 0 aliphatic carbocycles. The Balaban J connectivity index is 1.53. The van der Waals surface area contributed by atoms with Crippen LogP contribution in [0.4, 0.5) is 0 Å². The third kappa shape index (κ3) is 4.16. The average molecular weight is 437 g/mol. The SMILES string of the molecule is COc1ccccc1CNCc1cc2c(-c3ccccc3)nn(-c3ccccc3)c2[nH]c1=O. The number of ether oxygens (including phenoxy) is 1. The van der Waals surface area contributed by atoms with E-state index in [0.29, 0.717) is 24.3 Å². The number of H-pyrrole nitrogens is 1. The van der Waals surface area contributed by atoms with Crippen molar-refractivity contribution in [2.45, 2.75) is 13.1 Å². The van der Waals surface area contributed by atoms with Crippen LogP contribution in [-0.4, -0.2) is 21.9 Å². The minimum absolute atomic E-state index is 0.133. The Morgan fingerprint density at radius 2 is 1.55 bits per heavy atom. The predicted octanol–water partition coefficient (Wildman–Crippen LogP) is 4.68. The van der Waals surface area contributed by atoms with E-state index >= 15 is 0 Å². The molecule has 3 aromatic carbocycles. The van der Waals surface area contributed by atoms with E-state index in [-0.39, 0.29) is 5.56 Å². The lowest BCUT2D eigenvalue weighted by Crippen LogP contribution is -2.21. The van der Waals surface area contributed by atoms with Gasteiger partial charge in [-0.2, -0.15) is 5.10 Å². The van der Waals surface area contributed by atoms with E-state index in [1.165, 1.54) is 0 Å². The average Bonchev–Trinajstić information content (AvgIpc) is 3.23. The molecule has 5 rings (SSSR count). The molecule has 0 saturated heterocycles. The number of rotatable bonds is 7.